The van der Waals surface area contributed by atoms with E-state index in [0.29, 0.717) is 6.07 Å². The van der Waals surface area contributed by atoms with Crippen LogP contribution in [-0.2, 0) is 13.2 Å². The minimum absolute atomic E-state index is 0.0698. The number of alkyl halides is 3. The molecule has 0 aliphatic carbocycles. The van der Waals surface area contributed by atoms with Crippen LogP contribution in [0.5, 0.6) is 0 Å². The SMILES string of the molecule is Cn1c(=O)cc(C(F)(F)F)c2cc(N)ccc21. The number of pyridine rings is 1. The summed E-state index contributed by atoms with van der Waals surface area (Å²) in [6, 6.07) is 4.67. The molecular weight excluding hydrogens is 233 g/mol. The summed E-state index contributed by atoms with van der Waals surface area (Å²) < 4.78 is 39.5. The predicted molar refractivity (Wildman–Crippen MR) is 58.6 cm³/mol. The van der Waals surface area contributed by atoms with Gasteiger partial charge in [0.05, 0.1) is 11.1 Å². The molecule has 1 heterocycles. The molecule has 17 heavy (non-hydrogen) atoms. The summed E-state index contributed by atoms with van der Waals surface area (Å²) in [6.45, 7) is 0. The average molecular weight is 242 g/mol. The summed E-state index contributed by atoms with van der Waals surface area (Å²) in [5.41, 5.74) is 4.25. The van der Waals surface area contributed by atoms with E-state index in [-0.39, 0.29) is 16.6 Å². The number of benzene rings is 1. The van der Waals surface area contributed by atoms with Gasteiger partial charge in [-0.15, -0.1) is 0 Å². The van der Waals surface area contributed by atoms with Crippen molar-refractivity contribution in [3.8, 4) is 0 Å². The van der Waals surface area contributed by atoms with Gasteiger partial charge >= 0.3 is 6.18 Å². The molecule has 0 radical (unpaired) electrons. The third kappa shape index (κ3) is 1.86. The van der Waals surface area contributed by atoms with Crippen LogP contribution in [0.3, 0.4) is 0 Å². The van der Waals surface area contributed by atoms with Crippen LogP contribution in [-0.4, -0.2) is 4.57 Å². The van der Waals surface area contributed by atoms with E-state index in [1.165, 1.54) is 25.2 Å². The minimum Gasteiger partial charge on any atom is -0.399 e. The molecule has 0 atom stereocenters. The van der Waals surface area contributed by atoms with Crippen molar-refractivity contribution < 1.29 is 13.2 Å². The zero-order chi connectivity index (χ0) is 12.8. The third-order valence-electron chi connectivity index (χ3n) is 2.58. The minimum atomic E-state index is -4.57. The van der Waals surface area contributed by atoms with E-state index in [1.54, 1.807) is 0 Å². The van der Waals surface area contributed by atoms with Crippen molar-refractivity contribution in [2.45, 2.75) is 6.18 Å². The third-order valence-corrected chi connectivity index (χ3v) is 2.58. The number of nitrogens with two attached hydrogens (primary N) is 1. The van der Waals surface area contributed by atoms with Gasteiger partial charge in [-0.2, -0.15) is 13.2 Å². The lowest BCUT2D eigenvalue weighted by atomic mass is 10.1. The number of nitrogens with zero attached hydrogens (tertiary/aromatic N) is 1. The number of halogens is 3. The molecule has 3 nitrogen and oxygen atoms in total. The molecule has 0 aliphatic rings. The van der Waals surface area contributed by atoms with Crippen molar-refractivity contribution in [2.75, 3.05) is 5.73 Å². The molecule has 0 bridgehead atoms. The number of hydrogen-bond donors (Lipinski definition) is 1. The molecule has 2 rings (SSSR count). The molecule has 0 unspecified atom stereocenters. The fourth-order valence-corrected chi connectivity index (χ4v) is 1.71. The second kappa shape index (κ2) is 3.51. The zero-order valence-electron chi connectivity index (χ0n) is 8.88. The van der Waals surface area contributed by atoms with Gasteiger partial charge in [0.2, 0.25) is 0 Å². The number of rotatable bonds is 0. The lowest BCUT2D eigenvalue weighted by Crippen LogP contribution is -2.20. The Morgan fingerprint density at radius 1 is 1.24 bits per heavy atom. The van der Waals surface area contributed by atoms with Crippen LogP contribution in [0, 0.1) is 0 Å². The van der Waals surface area contributed by atoms with Crippen molar-refractivity contribution in [1.29, 1.82) is 0 Å². The number of anilines is 1. The molecule has 0 spiro atoms. The molecule has 2 N–H and O–H groups in total. The van der Waals surface area contributed by atoms with E-state index in [0.717, 1.165) is 4.57 Å². The van der Waals surface area contributed by atoms with E-state index in [1.807, 2.05) is 0 Å². The van der Waals surface area contributed by atoms with Gasteiger partial charge in [-0.1, -0.05) is 0 Å². The number of fused-ring (bicyclic) bond motifs is 1. The first-order valence-electron chi connectivity index (χ1n) is 4.77. The van der Waals surface area contributed by atoms with Crippen molar-refractivity contribution in [1.82, 2.24) is 4.57 Å². The van der Waals surface area contributed by atoms with Crippen LogP contribution in [0.25, 0.3) is 10.9 Å². The standard InChI is InChI=1S/C11H9F3N2O/c1-16-9-3-2-6(15)4-7(9)8(5-10(16)17)11(12,13)14/h2-5H,15H2,1H3. The maximum Gasteiger partial charge on any atom is 0.417 e. The zero-order valence-corrected chi connectivity index (χ0v) is 8.88. The van der Waals surface area contributed by atoms with Crippen molar-refractivity contribution >= 4 is 16.6 Å². The first kappa shape index (κ1) is 11.5. The fraction of sp³-hybridized carbons (Fsp3) is 0.182. The van der Waals surface area contributed by atoms with E-state index in [9.17, 15) is 18.0 Å². The molecule has 1 aromatic heterocycles. The number of aromatic nitrogens is 1. The van der Waals surface area contributed by atoms with E-state index < -0.39 is 17.3 Å². The Labute approximate surface area is 94.3 Å². The normalized spacial score (nSPS) is 12.0. The molecule has 0 saturated carbocycles. The summed E-state index contributed by atoms with van der Waals surface area (Å²) in [5, 5.41) is -0.0698. The van der Waals surface area contributed by atoms with E-state index in [4.69, 9.17) is 5.73 Å². The first-order chi connectivity index (χ1) is 7.80. The van der Waals surface area contributed by atoms with Crippen LogP contribution < -0.4 is 11.3 Å². The molecular formula is C11H9F3N2O. The molecule has 0 fully saturated rings. The Balaban J connectivity index is 2.98. The van der Waals surface area contributed by atoms with Crippen LogP contribution >= 0.6 is 0 Å². The van der Waals surface area contributed by atoms with E-state index >= 15 is 0 Å². The van der Waals surface area contributed by atoms with Crippen LogP contribution in [0.15, 0.2) is 29.1 Å². The van der Waals surface area contributed by atoms with Crippen molar-refractivity contribution in [2.24, 2.45) is 7.05 Å². The van der Waals surface area contributed by atoms with Gasteiger partial charge in [-0.05, 0) is 18.2 Å². The highest BCUT2D eigenvalue weighted by atomic mass is 19.4. The van der Waals surface area contributed by atoms with Gasteiger partial charge in [-0.3, -0.25) is 4.79 Å². The topological polar surface area (TPSA) is 48.0 Å². The summed E-state index contributed by atoms with van der Waals surface area (Å²) in [7, 11) is 1.42. The summed E-state index contributed by atoms with van der Waals surface area (Å²) >= 11 is 0. The van der Waals surface area contributed by atoms with Crippen LogP contribution in [0.4, 0.5) is 18.9 Å². The van der Waals surface area contributed by atoms with E-state index in [2.05, 4.69) is 0 Å². The highest BCUT2D eigenvalue weighted by molar-refractivity contribution is 5.86. The second-order valence-electron chi connectivity index (χ2n) is 3.73. The summed E-state index contributed by atoms with van der Waals surface area (Å²) in [5.74, 6) is 0. The smallest absolute Gasteiger partial charge is 0.399 e. The summed E-state index contributed by atoms with van der Waals surface area (Å²) in [6.07, 6.45) is -4.57. The number of nitrogen functional groups attached to an aromatic ring is 1. The Bertz CT molecular complexity index is 643. The highest BCUT2D eigenvalue weighted by Gasteiger charge is 2.33. The Morgan fingerprint density at radius 3 is 2.47 bits per heavy atom. The molecule has 90 valence electrons. The molecule has 0 amide bonds. The monoisotopic (exact) mass is 242 g/mol. The van der Waals surface area contributed by atoms with Gasteiger partial charge in [0, 0.05) is 24.2 Å². The van der Waals surface area contributed by atoms with Crippen molar-refractivity contribution in [3.63, 3.8) is 0 Å². The van der Waals surface area contributed by atoms with Gasteiger partial charge in [0.25, 0.3) is 5.56 Å². The van der Waals surface area contributed by atoms with Gasteiger partial charge in [0.1, 0.15) is 0 Å². The maximum atomic E-state index is 12.8. The molecule has 0 saturated heterocycles. The Morgan fingerprint density at radius 2 is 1.88 bits per heavy atom. The van der Waals surface area contributed by atoms with Gasteiger partial charge in [-0.25, -0.2) is 0 Å². The van der Waals surface area contributed by atoms with Gasteiger partial charge < -0.3 is 10.3 Å². The molecule has 6 heteroatoms. The number of hydrogen-bond acceptors (Lipinski definition) is 2. The first-order valence-corrected chi connectivity index (χ1v) is 4.77. The number of aryl methyl sites for hydroxylation is 1. The summed E-state index contributed by atoms with van der Waals surface area (Å²) in [4.78, 5) is 11.4. The predicted octanol–water partition coefficient (Wildman–Crippen LogP) is 2.14. The largest absolute Gasteiger partial charge is 0.417 e. The van der Waals surface area contributed by atoms with Crippen molar-refractivity contribution in [3.05, 3.63) is 40.2 Å². The van der Waals surface area contributed by atoms with Crippen LogP contribution in [0.1, 0.15) is 5.56 Å². The molecule has 1 aromatic carbocycles. The Hall–Kier alpha value is -1.98. The average Bonchev–Trinajstić information content (AvgIpc) is 2.21. The second-order valence-corrected chi connectivity index (χ2v) is 3.73. The fourth-order valence-electron chi connectivity index (χ4n) is 1.71. The maximum absolute atomic E-state index is 12.8. The highest BCUT2D eigenvalue weighted by Crippen LogP contribution is 2.34. The molecule has 2 aromatic rings. The quantitative estimate of drug-likeness (QED) is 0.719. The molecule has 0 aliphatic heterocycles. The lowest BCUT2D eigenvalue weighted by molar-refractivity contribution is -0.136. The lowest BCUT2D eigenvalue weighted by Gasteiger charge is -2.13. The van der Waals surface area contributed by atoms with Crippen LogP contribution in [0.2, 0.25) is 0 Å². The van der Waals surface area contributed by atoms with Gasteiger partial charge in [0.15, 0.2) is 0 Å². The Kier molecular flexibility index (Phi) is 2.38.